The molecule has 0 radical (unpaired) electrons. The van der Waals surface area contributed by atoms with Crippen LogP contribution < -0.4 is 21.3 Å². The topological polar surface area (TPSA) is 183 Å². The van der Waals surface area contributed by atoms with Crippen LogP contribution in [0.4, 0.5) is 0 Å². The number of nitrogens with one attached hydrogen (secondary N) is 4. The van der Waals surface area contributed by atoms with Crippen LogP contribution in [0.25, 0.3) is 0 Å². The van der Waals surface area contributed by atoms with E-state index >= 15 is 0 Å². The maximum atomic E-state index is 14.6. The van der Waals surface area contributed by atoms with Crippen molar-refractivity contribution >= 4 is 29.5 Å². The summed E-state index contributed by atoms with van der Waals surface area (Å²) in [6, 6.07) is -1.77. The van der Waals surface area contributed by atoms with Crippen molar-refractivity contribution in [2.24, 2.45) is 28.6 Å². The Hall–Kier alpha value is -3.48. The van der Waals surface area contributed by atoms with E-state index in [-0.39, 0.29) is 41.3 Å². The van der Waals surface area contributed by atoms with Gasteiger partial charge in [-0.25, -0.2) is 0 Å². The van der Waals surface area contributed by atoms with Crippen molar-refractivity contribution in [3.8, 4) is 0 Å². The largest absolute Gasteiger partial charge is 0.381 e. The summed E-state index contributed by atoms with van der Waals surface area (Å²) in [6.07, 6.45) is 7.03. The third-order valence-electron chi connectivity index (χ3n) is 11.8. The van der Waals surface area contributed by atoms with Gasteiger partial charge in [-0.05, 0) is 74.5 Å². The second-order valence-electron chi connectivity index (χ2n) is 16.0. The fraction of sp³-hybridized carbons (Fsp3) is 0.771. The molecule has 2 saturated heterocycles. The zero-order valence-electron chi connectivity index (χ0n) is 28.8. The maximum absolute atomic E-state index is 14.6. The quantitative estimate of drug-likeness (QED) is 0.251. The van der Waals surface area contributed by atoms with Gasteiger partial charge < -0.3 is 35.8 Å². The zero-order chi connectivity index (χ0) is 34.5. The van der Waals surface area contributed by atoms with Crippen molar-refractivity contribution in [2.75, 3.05) is 6.54 Å². The van der Waals surface area contributed by atoms with Crippen LogP contribution in [0.3, 0.4) is 0 Å². The minimum atomic E-state index is -1.38. The molecule has 2 unspecified atom stereocenters. The summed E-state index contributed by atoms with van der Waals surface area (Å²) in [5.41, 5.74) is -1.18. The molecule has 48 heavy (non-hydrogen) atoms. The SMILES string of the molecule is CCC12CC[C@H]3CN(C(=O)[C@@H](NC(=O)[C@@H](NC(=O)c4cc(C)on4)C4CCCCC4)C(C)(C)C)[C@H](C(=O)N[C@@H]1C(O)C(=O)NC1CC1)[C@H]32. The van der Waals surface area contributed by atoms with Gasteiger partial charge in [0.2, 0.25) is 17.7 Å². The molecule has 0 aromatic carbocycles. The lowest BCUT2D eigenvalue weighted by molar-refractivity contribution is -0.153. The predicted molar refractivity (Wildman–Crippen MR) is 174 cm³/mol. The van der Waals surface area contributed by atoms with Gasteiger partial charge in [-0.1, -0.05) is 52.1 Å². The smallest absolute Gasteiger partial charge is 0.274 e. The third-order valence-corrected chi connectivity index (χ3v) is 11.8. The van der Waals surface area contributed by atoms with Crippen molar-refractivity contribution in [1.29, 1.82) is 0 Å². The van der Waals surface area contributed by atoms with Gasteiger partial charge in [-0.2, -0.15) is 0 Å². The molecule has 1 aromatic heterocycles. The van der Waals surface area contributed by atoms with E-state index in [9.17, 15) is 29.1 Å². The molecule has 13 heteroatoms. The lowest BCUT2D eigenvalue weighted by Crippen LogP contribution is -2.70. The monoisotopic (exact) mass is 668 g/mol. The molecule has 5 aliphatic rings. The van der Waals surface area contributed by atoms with E-state index in [0.717, 1.165) is 57.8 Å². The van der Waals surface area contributed by atoms with Gasteiger partial charge in [0.15, 0.2) is 11.8 Å². The Bertz CT molecular complexity index is 1430. The summed E-state index contributed by atoms with van der Waals surface area (Å²) in [5, 5.41) is 26.8. The highest BCUT2D eigenvalue weighted by molar-refractivity contribution is 5.98. The fourth-order valence-corrected chi connectivity index (χ4v) is 9.18. The second-order valence-corrected chi connectivity index (χ2v) is 16.0. The van der Waals surface area contributed by atoms with E-state index in [1.807, 2.05) is 27.7 Å². The second kappa shape index (κ2) is 13.1. The molecule has 13 nitrogen and oxygen atoms in total. The van der Waals surface area contributed by atoms with Crippen molar-refractivity contribution in [1.82, 2.24) is 31.3 Å². The normalized spacial score (nSPS) is 30.5. The lowest BCUT2D eigenvalue weighted by atomic mass is 9.62. The van der Waals surface area contributed by atoms with Crippen molar-refractivity contribution < 1.29 is 33.6 Å². The molecule has 0 bridgehead atoms. The number of aromatic nitrogens is 1. The van der Waals surface area contributed by atoms with Gasteiger partial charge >= 0.3 is 0 Å². The molecule has 8 atom stereocenters. The first-order valence-corrected chi connectivity index (χ1v) is 17.9. The van der Waals surface area contributed by atoms with E-state index < -0.39 is 58.8 Å². The average Bonchev–Trinajstić information content (AvgIpc) is 3.43. The molecular formula is C35H52N6O7. The third kappa shape index (κ3) is 6.34. The summed E-state index contributed by atoms with van der Waals surface area (Å²) in [5.74, 6) is -1.95. The molecule has 3 saturated carbocycles. The molecule has 5 amide bonds. The molecule has 5 fully saturated rings. The zero-order valence-corrected chi connectivity index (χ0v) is 28.8. The summed E-state index contributed by atoms with van der Waals surface area (Å²) >= 11 is 0. The van der Waals surface area contributed by atoms with Gasteiger partial charge in [0.25, 0.3) is 11.8 Å². The first-order valence-electron chi connectivity index (χ1n) is 17.9. The minimum Gasteiger partial charge on any atom is -0.381 e. The Morgan fingerprint density at radius 3 is 2.40 bits per heavy atom. The van der Waals surface area contributed by atoms with E-state index in [0.29, 0.717) is 18.7 Å². The fourth-order valence-electron chi connectivity index (χ4n) is 9.18. The predicted octanol–water partition coefficient (Wildman–Crippen LogP) is 1.96. The summed E-state index contributed by atoms with van der Waals surface area (Å²) in [7, 11) is 0. The van der Waals surface area contributed by atoms with Crippen LogP contribution in [-0.4, -0.2) is 87.6 Å². The highest BCUT2D eigenvalue weighted by Crippen LogP contribution is 2.59. The van der Waals surface area contributed by atoms with Gasteiger partial charge in [0, 0.05) is 24.6 Å². The van der Waals surface area contributed by atoms with Crippen molar-refractivity contribution in [3.05, 3.63) is 17.5 Å². The number of carbonyl (C=O) groups excluding carboxylic acids is 5. The van der Waals surface area contributed by atoms with Gasteiger partial charge in [-0.15, -0.1) is 0 Å². The van der Waals surface area contributed by atoms with Crippen molar-refractivity contribution in [3.63, 3.8) is 0 Å². The molecule has 2 aliphatic heterocycles. The van der Waals surface area contributed by atoms with E-state index in [4.69, 9.17) is 4.52 Å². The number of aliphatic hydroxyl groups excluding tert-OH is 1. The maximum Gasteiger partial charge on any atom is 0.274 e. The number of piperidine rings is 1. The Morgan fingerprint density at radius 2 is 1.79 bits per heavy atom. The highest BCUT2D eigenvalue weighted by atomic mass is 16.5. The van der Waals surface area contributed by atoms with Crippen LogP contribution in [0.15, 0.2) is 10.6 Å². The van der Waals surface area contributed by atoms with Crippen LogP contribution in [0.2, 0.25) is 0 Å². The molecule has 3 heterocycles. The van der Waals surface area contributed by atoms with E-state index in [1.165, 1.54) is 6.07 Å². The Labute approximate surface area is 282 Å². The highest BCUT2D eigenvalue weighted by Gasteiger charge is 2.67. The van der Waals surface area contributed by atoms with Crippen LogP contribution in [0.5, 0.6) is 0 Å². The summed E-state index contributed by atoms with van der Waals surface area (Å²) in [4.78, 5) is 70.4. The lowest BCUT2D eigenvalue weighted by Gasteiger charge is -2.50. The number of nitrogens with zero attached hydrogens (tertiary/aromatic N) is 2. The molecule has 0 spiro atoms. The number of amides is 5. The number of likely N-dealkylation sites (tertiary alicyclic amines) is 1. The number of rotatable bonds is 10. The minimum absolute atomic E-state index is 0.0302. The summed E-state index contributed by atoms with van der Waals surface area (Å²) in [6.45, 7) is 9.70. The average molecular weight is 669 g/mol. The van der Waals surface area contributed by atoms with Crippen LogP contribution in [-0.2, 0) is 19.2 Å². The summed E-state index contributed by atoms with van der Waals surface area (Å²) < 4.78 is 5.08. The Balaban J connectivity index is 1.23. The molecule has 1 aromatic rings. The molecule has 3 aliphatic carbocycles. The number of hydrogen-bond donors (Lipinski definition) is 5. The van der Waals surface area contributed by atoms with E-state index in [1.54, 1.807) is 11.8 Å². The van der Waals surface area contributed by atoms with Crippen molar-refractivity contribution in [2.45, 2.75) is 135 Å². The van der Waals surface area contributed by atoms with Gasteiger partial charge in [-0.3, -0.25) is 24.0 Å². The number of carbonyl (C=O) groups is 5. The molecule has 6 rings (SSSR count). The first-order chi connectivity index (χ1) is 22.7. The Kier molecular flexibility index (Phi) is 9.38. The van der Waals surface area contributed by atoms with Crippen LogP contribution in [0, 0.1) is 35.5 Å². The number of aryl methyl sites for hydroxylation is 1. The Morgan fingerprint density at radius 1 is 1.08 bits per heavy atom. The number of hydrogen-bond acceptors (Lipinski definition) is 8. The van der Waals surface area contributed by atoms with E-state index in [2.05, 4.69) is 26.4 Å². The standard InChI is InChI=1S/C35H52N6O7/c1-6-35-15-14-20-17-41(25(23(20)35)31(45)38-27(35)26(42)32(46)36-21-12-13-21)33(47)28(34(3,4)5)39-30(44)24(19-10-8-7-9-11-19)37-29(43)22-16-18(2)48-40-22/h16,19-21,23-28,42H,6-15,17H2,1-5H3,(H,36,46)(H,37,43)(H,38,45)(H,39,44)/t20-,23-,24-,25-,26?,27+,28+,35?/m0/s1. The molecular weight excluding hydrogens is 616 g/mol. The van der Waals surface area contributed by atoms with Crippen LogP contribution in [0.1, 0.15) is 108 Å². The number of aliphatic hydroxyl groups is 1. The first kappa shape index (κ1) is 34.4. The molecule has 264 valence electrons. The van der Waals surface area contributed by atoms with Gasteiger partial charge in [0.05, 0.1) is 6.04 Å². The van der Waals surface area contributed by atoms with Gasteiger partial charge in [0.1, 0.15) is 23.9 Å². The van der Waals surface area contributed by atoms with Crippen LogP contribution >= 0.6 is 0 Å². The molecule has 5 N–H and O–H groups in total.